The second kappa shape index (κ2) is 5.07. The van der Waals surface area contributed by atoms with Gasteiger partial charge in [-0.25, -0.2) is 4.79 Å². The van der Waals surface area contributed by atoms with Crippen molar-refractivity contribution in [1.29, 1.82) is 0 Å². The van der Waals surface area contributed by atoms with E-state index < -0.39 is 18.1 Å². The van der Waals surface area contributed by atoms with Gasteiger partial charge in [-0.1, -0.05) is 6.08 Å². The largest absolute Gasteiger partial charge is 0.396 e. The van der Waals surface area contributed by atoms with Gasteiger partial charge in [0.1, 0.15) is 0 Å². The number of imide groups is 1. The number of hydrogen-bond acceptors (Lipinski definition) is 4. The molecule has 2 aliphatic rings. The molecule has 18 heavy (non-hydrogen) atoms. The van der Waals surface area contributed by atoms with Crippen LogP contribution in [0.1, 0.15) is 12.8 Å². The molecule has 2 rings (SSSR count). The number of nitrogens with one attached hydrogen (secondary N) is 1. The van der Waals surface area contributed by atoms with E-state index in [-0.39, 0.29) is 24.5 Å². The molecule has 6 nitrogen and oxygen atoms in total. The summed E-state index contributed by atoms with van der Waals surface area (Å²) in [5.74, 6) is -0.931. The van der Waals surface area contributed by atoms with Gasteiger partial charge in [-0.2, -0.15) is 0 Å². The smallest absolute Gasteiger partial charge is 0.324 e. The van der Waals surface area contributed by atoms with Crippen molar-refractivity contribution in [3.05, 3.63) is 12.7 Å². The Bertz CT molecular complexity index is 371. The molecule has 1 saturated heterocycles. The van der Waals surface area contributed by atoms with Crippen LogP contribution in [-0.4, -0.2) is 52.3 Å². The highest BCUT2D eigenvalue weighted by molar-refractivity contribution is 5.98. The van der Waals surface area contributed by atoms with Crippen LogP contribution in [0.3, 0.4) is 0 Å². The number of amides is 3. The molecule has 0 radical (unpaired) electrons. The molecule has 1 aliphatic carbocycles. The van der Waals surface area contributed by atoms with Gasteiger partial charge in [0.05, 0.1) is 12.0 Å². The van der Waals surface area contributed by atoms with Crippen LogP contribution < -0.4 is 5.32 Å². The summed E-state index contributed by atoms with van der Waals surface area (Å²) in [6.45, 7) is 3.79. The standard InChI is InChI=1S/C12H18N2O4/c1-2-7-5-14(12(18)13-11(7)17)9-3-8(6-15)10(16)4-9/h2,7-10,15-16H,1,3-6H2,(H,13,17,18). The maximum Gasteiger partial charge on any atom is 0.324 e. The SMILES string of the molecule is C=CC1CN(C2CC(O)C(CO)C2)C(=O)NC1=O. The Morgan fingerprint density at radius 3 is 2.72 bits per heavy atom. The van der Waals surface area contributed by atoms with Crippen LogP contribution in [-0.2, 0) is 4.79 Å². The predicted molar refractivity (Wildman–Crippen MR) is 63.5 cm³/mol. The molecular formula is C12H18N2O4. The third-order valence-electron chi connectivity index (χ3n) is 3.81. The summed E-state index contributed by atoms with van der Waals surface area (Å²) < 4.78 is 0. The molecule has 0 aromatic rings. The van der Waals surface area contributed by atoms with E-state index >= 15 is 0 Å². The Labute approximate surface area is 105 Å². The zero-order chi connectivity index (χ0) is 13.3. The van der Waals surface area contributed by atoms with Gasteiger partial charge in [0, 0.05) is 25.1 Å². The van der Waals surface area contributed by atoms with Gasteiger partial charge in [-0.05, 0) is 12.8 Å². The minimum absolute atomic E-state index is 0.0864. The Morgan fingerprint density at radius 2 is 2.17 bits per heavy atom. The Balaban J connectivity index is 2.06. The fourth-order valence-electron chi connectivity index (χ4n) is 2.67. The molecule has 4 atom stereocenters. The molecule has 4 unspecified atom stereocenters. The van der Waals surface area contributed by atoms with E-state index in [2.05, 4.69) is 11.9 Å². The highest BCUT2D eigenvalue weighted by atomic mass is 16.3. The van der Waals surface area contributed by atoms with Crippen molar-refractivity contribution < 1.29 is 19.8 Å². The minimum atomic E-state index is -0.590. The first kappa shape index (κ1) is 13.0. The Morgan fingerprint density at radius 1 is 1.44 bits per heavy atom. The van der Waals surface area contributed by atoms with Crippen LogP contribution in [0.2, 0.25) is 0 Å². The number of carbonyl (C=O) groups excluding carboxylic acids is 2. The predicted octanol–water partition coefficient (Wildman–Crippen LogP) is -0.528. The monoisotopic (exact) mass is 254 g/mol. The first-order valence-corrected chi connectivity index (χ1v) is 6.09. The maximum absolute atomic E-state index is 11.8. The molecule has 6 heteroatoms. The third kappa shape index (κ3) is 2.26. The van der Waals surface area contributed by atoms with Gasteiger partial charge >= 0.3 is 6.03 Å². The maximum atomic E-state index is 11.8. The lowest BCUT2D eigenvalue weighted by Crippen LogP contribution is -2.56. The van der Waals surface area contributed by atoms with Gasteiger partial charge in [-0.15, -0.1) is 6.58 Å². The fourth-order valence-corrected chi connectivity index (χ4v) is 2.67. The highest BCUT2D eigenvalue weighted by Crippen LogP contribution is 2.31. The summed E-state index contributed by atoms with van der Waals surface area (Å²) in [7, 11) is 0. The van der Waals surface area contributed by atoms with E-state index in [1.54, 1.807) is 4.90 Å². The van der Waals surface area contributed by atoms with E-state index in [4.69, 9.17) is 5.11 Å². The van der Waals surface area contributed by atoms with Crippen molar-refractivity contribution in [2.45, 2.75) is 25.0 Å². The van der Waals surface area contributed by atoms with E-state index in [1.165, 1.54) is 6.08 Å². The highest BCUT2D eigenvalue weighted by Gasteiger charge is 2.41. The van der Waals surface area contributed by atoms with Crippen molar-refractivity contribution in [3.8, 4) is 0 Å². The topological polar surface area (TPSA) is 89.9 Å². The van der Waals surface area contributed by atoms with Crippen molar-refractivity contribution in [2.75, 3.05) is 13.2 Å². The van der Waals surface area contributed by atoms with Crippen molar-refractivity contribution in [2.24, 2.45) is 11.8 Å². The number of rotatable bonds is 3. The second-order valence-corrected chi connectivity index (χ2v) is 4.92. The van der Waals surface area contributed by atoms with Gasteiger partial charge in [0.15, 0.2) is 0 Å². The van der Waals surface area contributed by atoms with Gasteiger partial charge < -0.3 is 15.1 Å². The summed E-state index contributed by atoms with van der Waals surface area (Å²) in [5.41, 5.74) is 0. The number of aliphatic hydroxyl groups is 2. The van der Waals surface area contributed by atoms with Crippen LogP contribution in [0.5, 0.6) is 0 Å². The van der Waals surface area contributed by atoms with Crippen molar-refractivity contribution in [3.63, 3.8) is 0 Å². The summed E-state index contributed by atoms with van der Waals surface area (Å²) in [6, 6.07) is -0.554. The molecule has 0 spiro atoms. The summed E-state index contributed by atoms with van der Waals surface area (Å²) in [4.78, 5) is 24.8. The number of carbonyl (C=O) groups is 2. The summed E-state index contributed by atoms with van der Waals surface area (Å²) >= 11 is 0. The van der Waals surface area contributed by atoms with E-state index in [0.29, 0.717) is 19.4 Å². The van der Waals surface area contributed by atoms with E-state index in [0.717, 1.165) is 0 Å². The molecule has 1 heterocycles. The molecule has 0 aromatic carbocycles. The minimum Gasteiger partial charge on any atom is -0.396 e. The normalized spacial score (nSPS) is 36.7. The van der Waals surface area contributed by atoms with Crippen molar-refractivity contribution >= 4 is 11.9 Å². The zero-order valence-electron chi connectivity index (χ0n) is 10.1. The molecule has 3 N–H and O–H groups in total. The third-order valence-corrected chi connectivity index (χ3v) is 3.81. The van der Waals surface area contributed by atoms with Crippen LogP contribution >= 0.6 is 0 Å². The molecule has 0 bridgehead atoms. The first-order chi connectivity index (χ1) is 8.56. The first-order valence-electron chi connectivity index (χ1n) is 6.09. The zero-order valence-corrected chi connectivity index (χ0v) is 10.1. The van der Waals surface area contributed by atoms with E-state index in [9.17, 15) is 14.7 Å². The molecule has 0 aromatic heterocycles. The van der Waals surface area contributed by atoms with Crippen LogP contribution in [0, 0.1) is 11.8 Å². The van der Waals surface area contributed by atoms with Gasteiger partial charge in [0.25, 0.3) is 0 Å². The molecule has 1 aliphatic heterocycles. The average molecular weight is 254 g/mol. The van der Waals surface area contributed by atoms with E-state index in [1.807, 2.05) is 0 Å². The van der Waals surface area contributed by atoms with Crippen LogP contribution in [0.15, 0.2) is 12.7 Å². The quantitative estimate of drug-likeness (QED) is 0.591. The molecule has 2 fully saturated rings. The van der Waals surface area contributed by atoms with Crippen LogP contribution in [0.25, 0.3) is 0 Å². The summed E-state index contributed by atoms with van der Waals surface area (Å²) in [5, 5.41) is 21.1. The summed E-state index contributed by atoms with van der Waals surface area (Å²) in [6.07, 6.45) is 1.93. The second-order valence-electron chi connectivity index (χ2n) is 4.92. The van der Waals surface area contributed by atoms with Crippen LogP contribution in [0.4, 0.5) is 4.79 Å². The van der Waals surface area contributed by atoms with Crippen molar-refractivity contribution in [1.82, 2.24) is 10.2 Å². The Kier molecular flexibility index (Phi) is 3.68. The number of aliphatic hydroxyl groups excluding tert-OH is 2. The number of nitrogens with zero attached hydrogens (tertiary/aromatic N) is 1. The fraction of sp³-hybridized carbons (Fsp3) is 0.667. The van der Waals surface area contributed by atoms with Gasteiger partial charge in [0.2, 0.25) is 5.91 Å². The lowest BCUT2D eigenvalue weighted by atomic mass is 10.0. The lowest BCUT2D eigenvalue weighted by Gasteiger charge is -2.35. The lowest BCUT2D eigenvalue weighted by molar-refractivity contribution is -0.124. The number of hydrogen-bond donors (Lipinski definition) is 3. The Hall–Kier alpha value is -1.40. The average Bonchev–Trinajstić information content (AvgIpc) is 2.70. The molecule has 1 saturated carbocycles. The number of urea groups is 1. The van der Waals surface area contributed by atoms with Gasteiger partial charge in [-0.3, -0.25) is 10.1 Å². The molecule has 100 valence electrons. The molecule has 3 amide bonds. The molecular weight excluding hydrogens is 236 g/mol.